The van der Waals surface area contributed by atoms with Gasteiger partial charge in [-0.15, -0.1) is 23.1 Å². The summed E-state index contributed by atoms with van der Waals surface area (Å²) in [6.45, 7) is 3.82. The Bertz CT molecular complexity index is 1060. The van der Waals surface area contributed by atoms with E-state index in [1.807, 2.05) is 11.4 Å². The van der Waals surface area contributed by atoms with Crippen molar-refractivity contribution in [2.24, 2.45) is 0 Å². The largest absolute Gasteiger partial charge is 0.351 e. The first-order valence-electron chi connectivity index (χ1n) is 10.3. The molecule has 3 aromatic rings. The van der Waals surface area contributed by atoms with Crippen LogP contribution in [0.4, 0.5) is 0 Å². The van der Waals surface area contributed by atoms with Crippen molar-refractivity contribution in [1.82, 2.24) is 19.6 Å². The maximum Gasteiger partial charge on any atom is 0.258 e. The van der Waals surface area contributed by atoms with E-state index < -0.39 is 0 Å². The number of thioether (sulfide) groups is 1. The third kappa shape index (κ3) is 5.50. The van der Waals surface area contributed by atoms with Gasteiger partial charge in [0.15, 0.2) is 4.96 Å². The summed E-state index contributed by atoms with van der Waals surface area (Å²) in [7, 11) is 0. The molecule has 1 saturated heterocycles. The Labute approximate surface area is 184 Å². The normalized spacial score (nSPS) is 14.8. The summed E-state index contributed by atoms with van der Waals surface area (Å²) >= 11 is 2.91. The fourth-order valence-electron chi connectivity index (χ4n) is 3.70. The number of carbonyl (C=O) groups excluding carboxylic acids is 1. The predicted octanol–water partition coefficient (Wildman–Crippen LogP) is 3.29. The van der Waals surface area contributed by atoms with Crippen LogP contribution in [-0.2, 0) is 23.6 Å². The number of piperidine rings is 1. The monoisotopic (exact) mass is 442 g/mol. The van der Waals surface area contributed by atoms with Crippen LogP contribution in [-0.4, -0.2) is 39.0 Å². The Morgan fingerprint density at radius 3 is 2.80 bits per heavy atom. The molecular formula is C22H26N4O2S2. The van der Waals surface area contributed by atoms with E-state index in [2.05, 4.69) is 33.4 Å². The molecule has 30 heavy (non-hydrogen) atoms. The van der Waals surface area contributed by atoms with Gasteiger partial charge in [-0.1, -0.05) is 30.7 Å². The first-order chi connectivity index (χ1) is 14.7. The van der Waals surface area contributed by atoms with E-state index in [4.69, 9.17) is 0 Å². The average Bonchev–Trinajstić information content (AvgIpc) is 3.23. The van der Waals surface area contributed by atoms with Gasteiger partial charge < -0.3 is 5.32 Å². The number of likely N-dealkylation sites (tertiary alicyclic amines) is 1. The molecule has 0 atom stereocenters. The minimum atomic E-state index is -0.0772. The summed E-state index contributed by atoms with van der Waals surface area (Å²) in [5, 5.41) is 4.88. The van der Waals surface area contributed by atoms with Gasteiger partial charge in [-0.2, -0.15) is 0 Å². The molecule has 0 saturated carbocycles. The van der Waals surface area contributed by atoms with E-state index >= 15 is 0 Å². The molecule has 2 aromatic heterocycles. The average molecular weight is 443 g/mol. The molecule has 158 valence electrons. The van der Waals surface area contributed by atoms with E-state index in [9.17, 15) is 9.59 Å². The number of aromatic nitrogens is 2. The standard InChI is InChI=1S/C22H26N4O2S2/c27-20(16-29-15-19-12-21(28)26-10-11-30-22(26)24-19)23-13-17-6-2-3-7-18(17)14-25-8-4-1-5-9-25/h2-3,6-7,10-12H,1,4-5,8-9,13-16H2,(H,23,27). The van der Waals surface area contributed by atoms with Crippen molar-refractivity contribution in [3.8, 4) is 0 Å². The molecule has 1 fully saturated rings. The maximum atomic E-state index is 12.3. The number of hydrogen-bond donors (Lipinski definition) is 1. The second-order valence-corrected chi connectivity index (χ2v) is 9.37. The van der Waals surface area contributed by atoms with Crippen LogP contribution in [0.25, 0.3) is 4.96 Å². The minimum absolute atomic E-state index is 0.00157. The van der Waals surface area contributed by atoms with Crippen molar-refractivity contribution in [3.63, 3.8) is 0 Å². The molecule has 1 amide bonds. The first kappa shape index (κ1) is 21.1. The molecule has 1 aliphatic rings. The fraction of sp³-hybridized carbons (Fsp3) is 0.409. The van der Waals surface area contributed by atoms with Crippen LogP contribution >= 0.6 is 23.1 Å². The molecule has 1 N–H and O–H groups in total. The fourth-order valence-corrected chi connectivity index (χ4v) is 5.18. The number of hydrogen-bond acceptors (Lipinski definition) is 6. The number of amides is 1. The predicted molar refractivity (Wildman–Crippen MR) is 123 cm³/mol. The SMILES string of the molecule is O=C(CSCc1cc(=O)n2ccsc2n1)NCc1ccccc1CN1CCCCC1. The number of benzene rings is 1. The van der Waals surface area contributed by atoms with Gasteiger partial charge in [-0.25, -0.2) is 4.98 Å². The number of nitrogens with one attached hydrogen (secondary N) is 1. The molecule has 0 radical (unpaired) electrons. The van der Waals surface area contributed by atoms with Gasteiger partial charge in [0.05, 0.1) is 11.4 Å². The van der Waals surface area contributed by atoms with Crippen LogP contribution in [0.15, 0.2) is 46.7 Å². The second kappa shape index (κ2) is 10.2. The van der Waals surface area contributed by atoms with Crippen molar-refractivity contribution in [2.75, 3.05) is 18.8 Å². The quantitative estimate of drug-likeness (QED) is 0.580. The Kier molecular flexibility index (Phi) is 7.20. The summed E-state index contributed by atoms with van der Waals surface area (Å²) < 4.78 is 1.53. The van der Waals surface area contributed by atoms with E-state index in [1.54, 1.807) is 12.3 Å². The van der Waals surface area contributed by atoms with Crippen LogP contribution < -0.4 is 10.9 Å². The van der Waals surface area contributed by atoms with Gasteiger partial charge in [-0.05, 0) is 37.1 Å². The second-order valence-electron chi connectivity index (χ2n) is 7.52. The molecular weight excluding hydrogens is 416 g/mol. The molecule has 1 aromatic carbocycles. The molecule has 3 heterocycles. The van der Waals surface area contributed by atoms with Gasteiger partial charge >= 0.3 is 0 Å². The zero-order valence-corrected chi connectivity index (χ0v) is 18.5. The third-order valence-corrected chi connectivity index (χ3v) is 7.00. The molecule has 0 aliphatic carbocycles. The maximum absolute atomic E-state index is 12.3. The Morgan fingerprint density at radius 1 is 1.17 bits per heavy atom. The first-order valence-corrected chi connectivity index (χ1v) is 12.3. The summed E-state index contributed by atoms with van der Waals surface area (Å²) in [5.41, 5.74) is 3.11. The van der Waals surface area contributed by atoms with E-state index in [0.717, 1.165) is 19.6 Å². The van der Waals surface area contributed by atoms with Crippen LogP contribution in [0.5, 0.6) is 0 Å². The number of fused-ring (bicyclic) bond motifs is 1. The summed E-state index contributed by atoms with van der Waals surface area (Å²) in [6, 6.07) is 9.90. The van der Waals surface area contributed by atoms with Crippen LogP contribution in [0.1, 0.15) is 36.1 Å². The Morgan fingerprint density at radius 2 is 1.97 bits per heavy atom. The van der Waals surface area contributed by atoms with Crippen LogP contribution in [0.2, 0.25) is 0 Å². The highest BCUT2D eigenvalue weighted by Gasteiger charge is 2.13. The number of thiazole rings is 1. The van der Waals surface area contributed by atoms with Gasteiger partial charge in [0.2, 0.25) is 5.91 Å². The molecule has 0 unspecified atom stereocenters. The molecule has 4 rings (SSSR count). The van der Waals surface area contributed by atoms with E-state index in [0.29, 0.717) is 28.7 Å². The van der Waals surface area contributed by atoms with E-state index in [1.165, 1.54) is 57.9 Å². The zero-order valence-electron chi connectivity index (χ0n) is 16.9. The van der Waals surface area contributed by atoms with Crippen molar-refractivity contribution < 1.29 is 4.79 Å². The lowest BCUT2D eigenvalue weighted by Crippen LogP contribution is -2.30. The van der Waals surface area contributed by atoms with Crippen molar-refractivity contribution in [2.45, 2.75) is 38.1 Å². The third-order valence-electron chi connectivity index (χ3n) is 5.28. The number of rotatable bonds is 8. The summed E-state index contributed by atoms with van der Waals surface area (Å²) in [4.78, 5) is 32.0. The minimum Gasteiger partial charge on any atom is -0.351 e. The highest BCUT2D eigenvalue weighted by molar-refractivity contribution is 7.99. The Hall–Kier alpha value is -2.16. The number of carbonyl (C=O) groups is 1. The van der Waals surface area contributed by atoms with Gasteiger partial charge in [0, 0.05) is 36.5 Å². The zero-order chi connectivity index (χ0) is 20.8. The summed E-state index contributed by atoms with van der Waals surface area (Å²) in [6.07, 6.45) is 5.61. The number of nitrogens with zero attached hydrogens (tertiary/aromatic N) is 3. The van der Waals surface area contributed by atoms with E-state index in [-0.39, 0.29) is 11.5 Å². The molecule has 1 aliphatic heterocycles. The lowest BCUT2D eigenvalue weighted by atomic mass is 10.0. The molecule has 0 spiro atoms. The Balaban J connectivity index is 1.26. The van der Waals surface area contributed by atoms with Gasteiger partial charge in [0.1, 0.15) is 0 Å². The van der Waals surface area contributed by atoms with Crippen LogP contribution in [0.3, 0.4) is 0 Å². The smallest absolute Gasteiger partial charge is 0.258 e. The highest BCUT2D eigenvalue weighted by atomic mass is 32.2. The molecule has 0 bridgehead atoms. The van der Waals surface area contributed by atoms with Crippen molar-refractivity contribution in [1.29, 1.82) is 0 Å². The topological polar surface area (TPSA) is 66.7 Å². The summed E-state index contributed by atoms with van der Waals surface area (Å²) in [5.74, 6) is 0.893. The van der Waals surface area contributed by atoms with Gasteiger partial charge in [-0.3, -0.25) is 18.9 Å². The highest BCUT2D eigenvalue weighted by Crippen LogP contribution is 2.16. The lowest BCUT2D eigenvalue weighted by Gasteiger charge is -2.27. The molecule has 6 nitrogen and oxygen atoms in total. The van der Waals surface area contributed by atoms with Crippen LogP contribution in [0, 0.1) is 0 Å². The molecule has 8 heteroatoms. The van der Waals surface area contributed by atoms with Crippen molar-refractivity contribution >= 4 is 34.0 Å². The van der Waals surface area contributed by atoms with Gasteiger partial charge in [0.25, 0.3) is 5.56 Å². The lowest BCUT2D eigenvalue weighted by molar-refractivity contribution is -0.118. The van der Waals surface area contributed by atoms with Crippen molar-refractivity contribution in [3.05, 3.63) is 69.1 Å².